The van der Waals surface area contributed by atoms with Gasteiger partial charge in [0, 0.05) is 26.5 Å². The minimum absolute atomic E-state index is 0.0111. The summed E-state index contributed by atoms with van der Waals surface area (Å²) >= 11 is 2.19. The van der Waals surface area contributed by atoms with E-state index in [0.717, 1.165) is 9.13 Å². The summed E-state index contributed by atoms with van der Waals surface area (Å²) in [4.78, 5) is 12.4. The molecule has 1 aromatic carbocycles. The van der Waals surface area contributed by atoms with Gasteiger partial charge in [-0.1, -0.05) is 39.8 Å². The number of hydrogen-bond donors (Lipinski definition) is 2. The maximum atomic E-state index is 12.4. The third-order valence-corrected chi connectivity index (χ3v) is 5.43. The van der Waals surface area contributed by atoms with Crippen molar-refractivity contribution in [1.29, 1.82) is 0 Å². The highest BCUT2D eigenvalue weighted by Crippen LogP contribution is 2.52. The van der Waals surface area contributed by atoms with E-state index >= 15 is 0 Å². The predicted molar refractivity (Wildman–Crippen MR) is 86.0 cm³/mol. The highest BCUT2D eigenvalue weighted by Gasteiger charge is 2.60. The Balaban J connectivity index is 2.19. The van der Waals surface area contributed by atoms with E-state index in [-0.39, 0.29) is 28.8 Å². The van der Waals surface area contributed by atoms with Gasteiger partial charge in [-0.05, 0) is 34.7 Å². The standard InChI is InChI=1S/C15H21IN2O/c1-14(2)12(17)15(3,4)13(14)18-11(19)9-7-5-6-8-10(9)16/h5-8,12-13H,17H2,1-4H3,(H,18,19). The molecule has 1 aliphatic carbocycles. The van der Waals surface area contributed by atoms with E-state index < -0.39 is 0 Å². The molecule has 0 radical (unpaired) electrons. The second-order valence-electron chi connectivity index (χ2n) is 6.51. The van der Waals surface area contributed by atoms with Gasteiger partial charge in [-0.3, -0.25) is 4.79 Å². The molecule has 4 heteroatoms. The minimum atomic E-state index is -0.0701. The maximum absolute atomic E-state index is 12.4. The molecule has 0 aromatic heterocycles. The first-order valence-corrected chi connectivity index (χ1v) is 7.58. The molecule has 1 saturated carbocycles. The summed E-state index contributed by atoms with van der Waals surface area (Å²) in [6, 6.07) is 7.82. The summed E-state index contributed by atoms with van der Waals surface area (Å²) in [5.74, 6) is -0.0111. The van der Waals surface area contributed by atoms with Crippen LogP contribution in [0.4, 0.5) is 0 Å². The Bertz CT molecular complexity index is 495. The summed E-state index contributed by atoms with van der Waals surface area (Å²) in [6.45, 7) is 8.46. The average Bonchev–Trinajstić information content (AvgIpc) is 2.34. The van der Waals surface area contributed by atoms with Gasteiger partial charge in [-0.15, -0.1) is 0 Å². The van der Waals surface area contributed by atoms with Crippen molar-refractivity contribution in [2.75, 3.05) is 0 Å². The third kappa shape index (κ3) is 2.29. The molecule has 3 N–H and O–H groups in total. The predicted octanol–water partition coefficient (Wildman–Crippen LogP) is 2.78. The van der Waals surface area contributed by atoms with E-state index in [9.17, 15) is 4.79 Å². The lowest BCUT2D eigenvalue weighted by Crippen LogP contribution is -2.76. The monoisotopic (exact) mass is 372 g/mol. The first kappa shape index (κ1) is 14.8. The summed E-state index contributed by atoms with van der Waals surface area (Å²) in [6.07, 6.45) is 0. The smallest absolute Gasteiger partial charge is 0.252 e. The van der Waals surface area contributed by atoms with Gasteiger partial charge in [0.05, 0.1) is 5.56 Å². The molecule has 1 aromatic rings. The van der Waals surface area contributed by atoms with E-state index in [1.54, 1.807) is 0 Å². The van der Waals surface area contributed by atoms with Crippen LogP contribution >= 0.6 is 22.6 Å². The summed E-state index contributed by atoms with van der Waals surface area (Å²) < 4.78 is 0.969. The van der Waals surface area contributed by atoms with Crippen LogP contribution < -0.4 is 11.1 Å². The number of carbonyl (C=O) groups is 1. The molecular formula is C15H21IN2O. The van der Waals surface area contributed by atoms with Crippen molar-refractivity contribution in [3.8, 4) is 0 Å². The Morgan fingerprint density at radius 1 is 1.21 bits per heavy atom. The van der Waals surface area contributed by atoms with Crippen molar-refractivity contribution >= 4 is 28.5 Å². The molecule has 0 atom stereocenters. The van der Waals surface area contributed by atoms with Crippen LogP contribution in [0.3, 0.4) is 0 Å². The number of nitrogens with two attached hydrogens (primary N) is 1. The molecule has 0 heterocycles. The first-order chi connectivity index (χ1) is 8.69. The van der Waals surface area contributed by atoms with Gasteiger partial charge < -0.3 is 11.1 Å². The Hall–Kier alpha value is -0.620. The van der Waals surface area contributed by atoms with E-state index in [1.807, 2.05) is 24.3 Å². The fourth-order valence-electron chi connectivity index (χ4n) is 3.41. The lowest BCUT2D eigenvalue weighted by atomic mass is 9.48. The zero-order valence-electron chi connectivity index (χ0n) is 11.8. The normalized spacial score (nSPS) is 27.5. The molecule has 1 fully saturated rings. The molecule has 0 bridgehead atoms. The van der Waals surface area contributed by atoms with Crippen LogP contribution in [0.5, 0.6) is 0 Å². The van der Waals surface area contributed by atoms with Gasteiger partial charge in [-0.25, -0.2) is 0 Å². The van der Waals surface area contributed by atoms with Gasteiger partial charge >= 0.3 is 0 Å². The van der Waals surface area contributed by atoms with Crippen molar-refractivity contribution in [1.82, 2.24) is 5.32 Å². The van der Waals surface area contributed by atoms with Crippen LogP contribution in [0.15, 0.2) is 24.3 Å². The second-order valence-corrected chi connectivity index (χ2v) is 7.67. The third-order valence-electron chi connectivity index (χ3n) is 4.49. The highest BCUT2D eigenvalue weighted by atomic mass is 127. The van der Waals surface area contributed by atoms with Gasteiger partial charge in [0.2, 0.25) is 0 Å². The van der Waals surface area contributed by atoms with Gasteiger partial charge in [0.25, 0.3) is 5.91 Å². The van der Waals surface area contributed by atoms with E-state index in [0.29, 0.717) is 0 Å². The molecule has 0 saturated heterocycles. The van der Waals surface area contributed by atoms with Crippen LogP contribution in [0.1, 0.15) is 38.1 Å². The maximum Gasteiger partial charge on any atom is 0.252 e. The molecule has 2 rings (SSSR count). The van der Waals surface area contributed by atoms with Gasteiger partial charge in [0.1, 0.15) is 0 Å². The largest absolute Gasteiger partial charge is 0.348 e. The summed E-state index contributed by atoms with van der Waals surface area (Å²) in [7, 11) is 0. The zero-order chi connectivity index (χ0) is 14.4. The van der Waals surface area contributed by atoms with Crippen molar-refractivity contribution in [3.63, 3.8) is 0 Å². The number of hydrogen-bond acceptors (Lipinski definition) is 2. The molecule has 0 unspecified atom stereocenters. The summed E-state index contributed by atoms with van der Waals surface area (Å²) in [5.41, 5.74) is 6.81. The SMILES string of the molecule is CC1(C)C(N)C(C)(C)C1NC(=O)c1ccccc1I. The minimum Gasteiger partial charge on any atom is -0.348 e. The number of amides is 1. The fraction of sp³-hybridized carbons (Fsp3) is 0.533. The van der Waals surface area contributed by atoms with Crippen molar-refractivity contribution in [2.24, 2.45) is 16.6 Å². The van der Waals surface area contributed by atoms with Crippen molar-refractivity contribution < 1.29 is 4.79 Å². The fourth-order valence-corrected chi connectivity index (χ4v) is 4.04. The number of rotatable bonds is 2. The van der Waals surface area contributed by atoms with E-state index in [1.165, 1.54) is 0 Å². The number of carbonyl (C=O) groups excluding carboxylic acids is 1. The Morgan fingerprint density at radius 2 is 1.74 bits per heavy atom. The molecule has 104 valence electrons. The first-order valence-electron chi connectivity index (χ1n) is 6.50. The topological polar surface area (TPSA) is 55.1 Å². The van der Waals surface area contributed by atoms with Crippen molar-refractivity contribution in [2.45, 2.75) is 39.8 Å². The molecule has 19 heavy (non-hydrogen) atoms. The van der Waals surface area contributed by atoms with Crippen LogP contribution in [0.2, 0.25) is 0 Å². The molecule has 0 spiro atoms. The Morgan fingerprint density at radius 3 is 2.26 bits per heavy atom. The Kier molecular flexibility index (Phi) is 3.68. The molecular weight excluding hydrogens is 351 g/mol. The van der Waals surface area contributed by atoms with Gasteiger partial charge in [0.15, 0.2) is 0 Å². The number of benzene rings is 1. The van der Waals surface area contributed by atoms with Crippen LogP contribution in [0, 0.1) is 14.4 Å². The van der Waals surface area contributed by atoms with Gasteiger partial charge in [-0.2, -0.15) is 0 Å². The highest BCUT2D eigenvalue weighted by molar-refractivity contribution is 14.1. The van der Waals surface area contributed by atoms with Crippen LogP contribution in [0.25, 0.3) is 0 Å². The lowest BCUT2D eigenvalue weighted by molar-refractivity contribution is -0.0663. The van der Waals surface area contributed by atoms with Crippen LogP contribution in [-0.2, 0) is 0 Å². The molecule has 3 nitrogen and oxygen atoms in total. The quantitative estimate of drug-likeness (QED) is 0.785. The lowest BCUT2D eigenvalue weighted by Gasteiger charge is -2.62. The van der Waals surface area contributed by atoms with E-state index in [4.69, 9.17) is 5.73 Å². The molecule has 1 amide bonds. The molecule has 1 aliphatic rings. The second kappa shape index (κ2) is 4.74. The molecule has 0 aliphatic heterocycles. The average molecular weight is 372 g/mol. The number of halogens is 1. The van der Waals surface area contributed by atoms with E-state index in [2.05, 4.69) is 55.6 Å². The summed E-state index contributed by atoms with van der Waals surface area (Å²) in [5, 5.41) is 3.16. The van der Waals surface area contributed by atoms with Crippen molar-refractivity contribution in [3.05, 3.63) is 33.4 Å². The van der Waals surface area contributed by atoms with Crippen LogP contribution in [-0.4, -0.2) is 18.0 Å². The Labute approximate surface area is 128 Å². The zero-order valence-corrected chi connectivity index (χ0v) is 14.0. The number of nitrogens with one attached hydrogen (secondary N) is 1.